The lowest BCUT2D eigenvalue weighted by molar-refractivity contribution is -0.147. The van der Waals surface area contributed by atoms with Crippen molar-refractivity contribution in [1.82, 2.24) is 10.2 Å². The van der Waals surface area contributed by atoms with Gasteiger partial charge in [-0.15, -0.1) is 0 Å². The molecule has 2 atom stereocenters. The predicted octanol–water partition coefficient (Wildman–Crippen LogP) is 1.85. The van der Waals surface area contributed by atoms with E-state index in [1.54, 1.807) is 7.05 Å². The number of carboxylic acids is 1. The molecule has 1 aliphatic carbocycles. The molecule has 0 spiro atoms. The summed E-state index contributed by atoms with van der Waals surface area (Å²) in [4.78, 5) is 14.1. The maximum absolute atomic E-state index is 11.5. The number of likely N-dealkylation sites (tertiary alicyclic amines) is 1. The Labute approximate surface area is 110 Å². The second-order valence-corrected chi connectivity index (χ2v) is 5.84. The summed E-state index contributed by atoms with van der Waals surface area (Å²) in [5, 5.41) is 12.6. The Morgan fingerprint density at radius 1 is 1.22 bits per heavy atom. The second kappa shape index (κ2) is 6.02. The first kappa shape index (κ1) is 13.8. The third-order valence-electron chi connectivity index (χ3n) is 4.77. The molecular formula is C14H26N2O2. The standard InChI is InChI=1S/C14H26N2O2/c1-15-14(13(17)18)8-6-7-12(11-14)16-9-4-2-3-5-10-16/h12,15H,2-11H2,1H3,(H,17,18). The fourth-order valence-electron chi connectivity index (χ4n) is 3.55. The molecule has 1 saturated carbocycles. The van der Waals surface area contributed by atoms with E-state index in [4.69, 9.17) is 0 Å². The van der Waals surface area contributed by atoms with Crippen LogP contribution in [0, 0.1) is 0 Å². The smallest absolute Gasteiger partial charge is 0.323 e. The summed E-state index contributed by atoms with van der Waals surface area (Å²) < 4.78 is 0. The van der Waals surface area contributed by atoms with Crippen LogP contribution in [0.1, 0.15) is 51.4 Å². The van der Waals surface area contributed by atoms with Crippen LogP contribution >= 0.6 is 0 Å². The highest BCUT2D eigenvalue weighted by Gasteiger charge is 2.43. The highest BCUT2D eigenvalue weighted by molar-refractivity contribution is 5.79. The van der Waals surface area contributed by atoms with Crippen LogP contribution in [0.25, 0.3) is 0 Å². The number of carbonyl (C=O) groups is 1. The van der Waals surface area contributed by atoms with E-state index >= 15 is 0 Å². The lowest BCUT2D eigenvalue weighted by atomic mass is 9.78. The fraction of sp³-hybridized carbons (Fsp3) is 0.929. The van der Waals surface area contributed by atoms with Crippen molar-refractivity contribution in [3.8, 4) is 0 Å². The minimum atomic E-state index is -0.685. The first-order chi connectivity index (χ1) is 8.68. The molecule has 2 unspecified atom stereocenters. The molecule has 0 aromatic rings. The van der Waals surface area contributed by atoms with E-state index in [0.717, 1.165) is 38.8 Å². The number of aliphatic carboxylic acids is 1. The molecule has 2 rings (SSSR count). The van der Waals surface area contributed by atoms with E-state index in [2.05, 4.69) is 10.2 Å². The topological polar surface area (TPSA) is 52.6 Å². The zero-order valence-electron chi connectivity index (χ0n) is 11.5. The van der Waals surface area contributed by atoms with E-state index < -0.39 is 11.5 Å². The molecule has 2 aliphatic rings. The third kappa shape index (κ3) is 2.86. The Bertz CT molecular complexity index is 288. The number of hydrogen-bond donors (Lipinski definition) is 2. The Morgan fingerprint density at radius 3 is 2.44 bits per heavy atom. The van der Waals surface area contributed by atoms with Crippen molar-refractivity contribution >= 4 is 5.97 Å². The number of hydrogen-bond acceptors (Lipinski definition) is 3. The average molecular weight is 254 g/mol. The van der Waals surface area contributed by atoms with Crippen LogP contribution < -0.4 is 5.32 Å². The summed E-state index contributed by atoms with van der Waals surface area (Å²) in [6.07, 6.45) is 8.93. The zero-order chi connectivity index (χ0) is 13.0. The van der Waals surface area contributed by atoms with Crippen LogP contribution in [-0.2, 0) is 4.79 Å². The molecule has 2 N–H and O–H groups in total. The van der Waals surface area contributed by atoms with E-state index in [0.29, 0.717) is 6.04 Å². The molecule has 1 heterocycles. The monoisotopic (exact) mass is 254 g/mol. The van der Waals surface area contributed by atoms with E-state index in [1.165, 1.54) is 25.7 Å². The molecule has 1 aliphatic heterocycles. The SMILES string of the molecule is CNC1(C(=O)O)CCCC(N2CCCCCC2)C1. The van der Waals surface area contributed by atoms with Gasteiger partial charge in [0, 0.05) is 6.04 Å². The Balaban J connectivity index is 2.02. The normalized spacial score (nSPS) is 35.1. The Hall–Kier alpha value is -0.610. The first-order valence-corrected chi connectivity index (χ1v) is 7.34. The molecular weight excluding hydrogens is 228 g/mol. The van der Waals surface area contributed by atoms with E-state index in [1.807, 2.05) is 0 Å². The molecule has 0 aromatic carbocycles. The minimum Gasteiger partial charge on any atom is -0.480 e. The number of nitrogens with zero attached hydrogens (tertiary/aromatic N) is 1. The minimum absolute atomic E-state index is 0.459. The van der Waals surface area contributed by atoms with Crippen molar-refractivity contribution in [1.29, 1.82) is 0 Å². The lowest BCUT2D eigenvalue weighted by Crippen LogP contribution is -2.57. The molecule has 0 radical (unpaired) electrons. The summed E-state index contributed by atoms with van der Waals surface area (Å²) in [5.41, 5.74) is -0.685. The second-order valence-electron chi connectivity index (χ2n) is 5.84. The number of rotatable bonds is 3. The summed E-state index contributed by atoms with van der Waals surface area (Å²) in [7, 11) is 1.79. The van der Waals surface area contributed by atoms with Crippen molar-refractivity contribution in [3.05, 3.63) is 0 Å². The van der Waals surface area contributed by atoms with Crippen LogP contribution in [0.4, 0.5) is 0 Å². The fourth-order valence-corrected chi connectivity index (χ4v) is 3.55. The van der Waals surface area contributed by atoms with Gasteiger partial charge in [-0.05, 0) is 58.7 Å². The van der Waals surface area contributed by atoms with Gasteiger partial charge in [-0.25, -0.2) is 0 Å². The van der Waals surface area contributed by atoms with Gasteiger partial charge in [0.25, 0.3) is 0 Å². The van der Waals surface area contributed by atoms with Gasteiger partial charge in [-0.1, -0.05) is 12.8 Å². The van der Waals surface area contributed by atoms with Crippen molar-refractivity contribution in [2.75, 3.05) is 20.1 Å². The molecule has 4 heteroatoms. The molecule has 4 nitrogen and oxygen atoms in total. The Morgan fingerprint density at radius 2 is 1.89 bits per heavy atom. The van der Waals surface area contributed by atoms with E-state index in [9.17, 15) is 9.90 Å². The van der Waals surface area contributed by atoms with Crippen LogP contribution in [0.5, 0.6) is 0 Å². The third-order valence-corrected chi connectivity index (χ3v) is 4.77. The molecule has 18 heavy (non-hydrogen) atoms. The van der Waals surface area contributed by atoms with Gasteiger partial charge in [-0.3, -0.25) is 4.79 Å². The highest BCUT2D eigenvalue weighted by Crippen LogP contribution is 2.32. The average Bonchev–Trinajstić information content (AvgIpc) is 2.67. The number of carboxylic acid groups (broad SMARTS) is 1. The van der Waals surface area contributed by atoms with Crippen molar-refractivity contribution in [2.24, 2.45) is 0 Å². The number of likely N-dealkylation sites (N-methyl/N-ethyl adjacent to an activating group) is 1. The summed E-state index contributed by atoms with van der Waals surface area (Å²) in [6.45, 7) is 2.31. The van der Waals surface area contributed by atoms with Gasteiger partial charge < -0.3 is 15.3 Å². The number of nitrogens with one attached hydrogen (secondary N) is 1. The summed E-state index contributed by atoms with van der Waals surface area (Å²) in [5.74, 6) is -0.676. The molecule has 2 fully saturated rings. The largest absolute Gasteiger partial charge is 0.480 e. The van der Waals surface area contributed by atoms with Gasteiger partial charge in [0.15, 0.2) is 0 Å². The molecule has 0 bridgehead atoms. The van der Waals surface area contributed by atoms with Gasteiger partial charge >= 0.3 is 5.97 Å². The van der Waals surface area contributed by atoms with Crippen LogP contribution in [0.2, 0.25) is 0 Å². The van der Waals surface area contributed by atoms with Crippen molar-refractivity contribution in [2.45, 2.75) is 62.9 Å². The van der Waals surface area contributed by atoms with Crippen LogP contribution in [0.3, 0.4) is 0 Å². The van der Waals surface area contributed by atoms with Crippen LogP contribution in [0.15, 0.2) is 0 Å². The molecule has 0 aromatic heterocycles. The highest BCUT2D eigenvalue weighted by atomic mass is 16.4. The van der Waals surface area contributed by atoms with Gasteiger partial charge in [0.1, 0.15) is 5.54 Å². The maximum atomic E-state index is 11.5. The lowest BCUT2D eigenvalue weighted by Gasteiger charge is -2.42. The van der Waals surface area contributed by atoms with E-state index in [-0.39, 0.29) is 0 Å². The summed E-state index contributed by atoms with van der Waals surface area (Å²) in [6, 6.07) is 0.459. The van der Waals surface area contributed by atoms with Crippen molar-refractivity contribution in [3.63, 3.8) is 0 Å². The Kier molecular flexibility index (Phi) is 4.62. The molecule has 0 amide bonds. The first-order valence-electron chi connectivity index (χ1n) is 7.34. The zero-order valence-corrected chi connectivity index (χ0v) is 11.5. The summed E-state index contributed by atoms with van der Waals surface area (Å²) >= 11 is 0. The molecule has 104 valence electrons. The quantitative estimate of drug-likeness (QED) is 0.807. The maximum Gasteiger partial charge on any atom is 0.323 e. The van der Waals surface area contributed by atoms with Gasteiger partial charge in [0.05, 0.1) is 0 Å². The molecule has 1 saturated heterocycles. The predicted molar refractivity (Wildman–Crippen MR) is 71.7 cm³/mol. The van der Waals surface area contributed by atoms with Gasteiger partial charge in [-0.2, -0.15) is 0 Å². The van der Waals surface area contributed by atoms with Crippen LogP contribution in [-0.4, -0.2) is 47.7 Å². The van der Waals surface area contributed by atoms with Crippen molar-refractivity contribution < 1.29 is 9.90 Å². The van der Waals surface area contributed by atoms with Gasteiger partial charge in [0.2, 0.25) is 0 Å².